The van der Waals surface area contributed by atoms with Crippen LogP contribution in [0.1, 0.15) is 42.9 Å². The lowest BCUT2D eigenvalue weighted by molar-refractivity contribution is -0.143. The lowest BCUT2D eigenvalue weighted by Crippen LogP contribution is -2.39. The second-order valence-corrected chi connectivity index (χ2v) is 8.03. The van der Waals surface area contributed by atoms with Crippen molar-refractivity contribution in [3.05, 3.63) is 119 Å². The van der Waals surface area contributed by atoms with Crippen LogP contribution < -0.4 is 0 Å². The van der Waals surface area contributed by atoms with Gasteiger partial charge in [0.05, 0.1) is 18.4 Å². The van der Waals surface area contributed by atoms with Crippen molar-refractivity contribution >= 4 is 12.2 Å². The first-order chi connectivity index (χ1) is 15.7. The topological polar surface area (TPSA) is 38.7 Å². The molecule has 32 heavy (non-hydrogen) atoms. The van der Waals surface area contributed by atoms with E-state index >= 15 is 0 Å². The molecule has 3 heteroatoms. The smallest absolute Gasteiger partial charge is 0.306 e. The van der Waals surface area contributed by atoms with Gasteiger partial charge in [-0.25, -0.2) is 0 Å². The molecule has 0 saturated heterocycles. The molecule has 1 unspecified atom stereocenters. The highest BCUT2D eigenvalue weighted by molar-refractivity contribution is 5.73. The van der Waals surface area contributed by atoms with E-state index in [1.807, 2.05) is 6.92 Å². The highest BCUT2D eigenvalue weighted by Gasteiger charge is 2.43. The van der Waals surface area contributed by atoms with Gasteiger partial charge in [-0.3, -0.25) is 9.79 Å². The lowest BCUT2D eigenvalue weighted by Gasteiger charge is -2.42. The summed E-state index contributed by atoms with van der Waals surface area (Å²) in [6.07, 6.45) is 6.10. The molecule has 1 heterocycles. The van der Waals surface area contributed by atoms with E-state index < -0.39 is 0 Å². The molecule has 0 aromatic heterocycles. The molecule has 0 aliphatic carbocycles. The van der Waals surface area contributed by atoms with E-state index in [0.717, 1.165) is 12.1 Å². The number of carbonyl (C=O) groups is 1. The molecule has 4 rings (SSSR count). The van der Waals surface area contributed by atoms with Crippen molar-refractivity contribution in [2.45, 2.75) is 31.6 Å². The summed E-state index contributed by atoms with van der Waals surface area (Å²) in [6, 6.07) is 32.1. The fourth-order valence-corrected chi connectivity index (χ4v) is 4.73. The minimum Gasteiger partial charge on any atom is -0.466 e. The van der Waals surface area contributed by atoms with E-state index in [1.165, 1.54) is 16.7 Å². The Kier molecular flexibility index (Phi) is 6.96. The van der Waals surface area contributed by atoms with Crippen molar-refractivity contribution in [1.82, 2.24) is 0 Å². The average molecular weight is 424 g/mol. The van der Waals surface area contributed by atoms with Gasteiger partial charge in [0.1, 0.15) is 0 Å². The number of carbonyl (C=O) groups excluding carboxylic acids is 1. The van der Waals surface area contributed by atoms with E-state index in [9.17, 15) is 4.79 Å². The van der Waals surface area contributed by atoms with Crippen LogP contribution in [0.5, 0.6) is 0 Å². The number of allylic oxidation sites excluding steroid dienone is 2. The predicted molar refractivity (Wildman–Crippen MR) is 130 cm³/mol. The van der Waals surface area contributed by atoms with Crippen LogP contribution in [-0.4, -0.2) is 18.8 Å². The number of benzene rings is 3. The van der Waals surface area contributed by atoms with Gasteiger partial charge in [0.25, 0.3) is 0 Å². The SMILES string of the molecule is CCOC(=O)CCC1=CCC(C(c2ccccc2)(c2ccccc2)c2ccccc2)C=N1. The summed E-state index contributed by atoms with van der Waals surface area (Å²) in [4.78, 5) is 16.6. The molecule has 1 atom stereocenters. The largest absolute Gasteiger partial charge is 0.466 e. The third kappa shape index (κ3) is 4.43. The van der Waals surface area contributed by atoms with Crippen LogP contribution in [0.3, 0.4) is 0 Å². The number of hydrogen-bond acceptors (Lipinski definition) is 3. The fraction of sp³-hybridized carbons (Fsp3) is 0.241. The molecule has 0 saturated carbocycles. The summed E-state index contributed by atoms with van der Waals surface area (Å²) in [6.45, 7) is 2.24. The molecule has 0 spiro atoms. The lowest BCUT2D eigenvalue weighted by atomic mass is 9.61. The third-order valence-electron chi connectivity index (χ3n) is 6.16. The molecule has 0 N–H and O–H groups in total. The zero-order chi connectivity index (χ0) is 22.2. The molecular formula is C29H29NO2. The number of esters is 1. The molecule has 3 aromatic carbocycles. The summed E-state index contributed by atoms with van der Waals surface area (Å²) in [5.41, 5.74) is 4.33. The highest BCUT2D eigenvalue weighted by Crippen LogP contribution is 2.47. The molecule has 1 aliphatic heterocycles. The molecule has 3 nitrogen and oxygen atoms in total. The Bertz CT molecular complexity index is 975. The highest BCUT2D eigenvalue weighted by atomic mass is 16.5. The van der Waals surface area contributed by atoms with Crippen molar-refractivity contribution in [1.29, 1.82) is 0 Å². The average Bonchev–Trinajstić information content (AvgIpc) is 2.86. The van der Waals surface area contributed by atoms with Gasteiger partial charge in [-0.2, -0.15) is 0 Å². The van der Waals surface area contributed by atoms with Gasteiger partial charge in [0.2, 0.25) is 0 Å². The van der Waals surface area contributed by atoms with E-state index in [2.05, 4.69) is 103 Å². The molecular weight excluding hydrogens is 394 g/mol. The Balaban J connectivity index is 1.75. The van der Waals surface area contributed by atoms with E-state index in [-0.39, 0.29) is 17.3 Å². The van der Waals surface area contributed by atoms with Gasteiger partial charge in [-0.15, -0.1) is 0 Å². The second-order valence-electron chi connectivity index (χ2n) is 8.03. The molecule has 0 radical (unpaired) electrons. The minimum atomic E-state index is -0.365. The maximum absolute atomic E-state index is 11.8. The first-order valence-electron chi connectivity index (χ1n) is 11.3. The van der Waals surface area contributed by atoms with Gasteiger partial charge in [-0.1, -0.05) is 97.1 Å². The maximum Gasteiger partial charge on any atom is 0.306 e. The summed E-state index contributed by atoms with van der Waals surface area (Å²) >= 11 is 0. The van der Waals surface area contributed by atoms with Crippen LogP contribution in [0.25, 0.3) is 0 Å². The van der Waals surface area contributed by atoms with Gasteiger partial charge in [0, 0.05) is 17.8 Å². The monoisotopic (exact) mass is 423 g/mol. The van der Waals surface area contributed by atoms with Crippen LogP contribution in [0.4, 0.5) is 0 Å². The molecule has 162 valence electrons. The summed E-state index contributed by atoms with van der Waals surface area (Å²) in [5.74, 6) is -0.0287. The number of aliphatic imine (C=N–C) groups is 1. The van der Waals surface area contributed by atoms with Crippen LogP contribution in [0.15, 0.2) is 108 Å². The van der Waals surface area contributed by atoms with Gasteiger partial charge >= 0.3 is 5.97 Å². The number of ether oxygens (including phenoxy) is 1. The quantitative estimate of drug-likeness (QED) is 0.313. The zero-order valence-corrected chi connectivity index (χ0v) is 18.5. The van der Waals surface area contributed by atoms with Gasteiger partial charge < -0.3 is 4.74 Å². The fourth-order valence-electron chi connectivity index (χ4n) is 4.73. The Morgan fingerprint density at radius 1 is 0.875 bits per heavy atom. The van der Waals surface area contributed by atoms with Gasteiger partial charge in [0.15, 0.2) is 0 Å². The standard InChI is InChI=1S/C29H29NO2/c1-2-32-28(31)21-20-27-19-18-26(22-30-27)29(23-12-6-3-7-13-23,24-14-8-4-9-15-24)25-16-10-5-11-17-25/h3-17,19,22,26H,2,18,20-21H2,1H3. The molecule has 0 fully saturated rings. The normalized spacial score (nSPS) is 15.8. The second kappa shape index (κ2) is 10.2. The predicted octanol–water partition coefficient (Wildman–Crippen LogP) is 6.34. The summed E-state index contributed by atoms with van der Waals surface area (Å²) < 4.78 is 5.06. The Labute approximate surface area is 190 Å². The van der Waals surface area contributed by atoms with Gasteiger partial charge in [-0.05, 0) is 36.5 Å². The minimum absolute atomic E-state index is 0.140. The van der Waals surface area contributed by atoms with Crippen molar-refractivity contribution in [3.63, 3.8) is 0 Å². The molecule has 1 aliphatic rings. The van der Waals surface area contributed by atoms with Crippen molar-refractivity contribution in [2.24, 2.45) is 10.9 Å². The van der Waals surface area contributed by atoms with E-state index in [4.69, 9.17) is 9.73 Å². The van der Waals surface area contributed by atoms with Crippen molar-refractivity contribution < 1.29 is 9.53 Å². The zero-order valence-electron chi connectivity index (χ0n) is 18.5. The Hall–Kier alpha value is -3.46. The van der Waals surface area contributed by atoms with E-state index in [0.29, 0.717) is 19.4 Å². The maximum atomic E-state index is 11.8. The number of nitrogens with zero attached hydrogens (tertiary/aromatic N) is 1. The van der Waals surface area contributed by atoms with Crippen LogP contribution in [-0.2, 0) is 14.9 Å². The number of hydrogen-bond donors (Lipinski definition) is 0. The molecule has 0 bridgehead atoms. The van der Waals surface area contributed by atoms with Crippen LogP contribution in [0, 0.1) is 5.92 Å². The molecule has 0 amide bonds. The third-order valence-corrected chi connectivity index (χ3v) is 6.16. The Morgan fingerprint density at radius 3 is 1.78 bits per heavy atom. The first kappa shape index (κ1) is 21.8. The van der Waals surface area contributed by atoms with E-state index in [1.54, 1.807) is 0 Å². The first-order valence-corrected chi connectivity index (χ1v) is 11.3. The summed E-state index contributed by atoms with van der Waals surface area (Å²) in [5, 5.41) is 0. The van der Waals surface area contributed by atoms with Crippen molar-refractivity contribution in [2.75, 3.05) is 6.61 Å². The van der Waals surface area contributed by atoms with Crippen molar-refractivity contribution in [3.8, 4) is 0 Å². The number of rotatable bonds is 8. The Morgan fingerprint density at radius 2 is 1.38 bits per heavy atom. The van der Waals surface area contributed by atoms with Crippen LogP contribution >= 0.6 is 0 Å². The molecule has 3 aromatic rings. The summed E-state index contributed by atoms with van der Waals surface area (Å²) in [7, 11) is 0. The van der Waals surface area contributed by atoms with Crippen LogP contribution in [0.2, 0.25) is 0 Å².